The summed E-state index contributed by atoms with van der Waals surface area (Å²) >= 11 is 3.32. The first kappa shape index (κ1) is 14.9. The number of hydrogen-bond acceptors (Lipinski definition) is 2. The van der Waals surface area contributed by atoms with E-state index in [-0.39, 0.29) is 10.8 Å². The standard InChI is InChI=1S/C12H23BrO2/c1-3-5-6-7-8-10-15-12(14)11(13)9-4-2/h11H,3-10H2,1-2H3. The molecule has 0 amide bonds. The third-order valence-corrected chi connectivity index (χ3v) is 3.12. The quantitative estimate of drug-likeness (QED) is 0.361. The Hall–Kier alpha value is -0.0500. The first-order valence-electron chi connectivity index (χ1n) is 6.03. The fourth-order valence-corrected chi connectivity index (χ4v) is 1.93. The van der Waals surface area contributed by atoms with Gasteiger partial charge < -0.3 is 4.74 Å². The Morgan fingerprint density at radius 3 is 2.40 bits per heavy atom. The van der Waals surface area contributed by atoms with E-state index < -0.39 is 0 Å². The van der Waals surface area contributed by atoms with Crippen LogP contribution in [0.5, 0.6) is 0 Å². The van der Waals surface area contributed by atoms with Crippen LogP contribution in [0.15, 0.2) is 0 Å². The third kappa shape index (κ3) is 8.91. The smallest absolute Gasteiger partial charge is 0.319 e. The zero-order chi connectivity index (χ0) is 11.5. The Morgan fingerprint density at radius 2 is 1.80 bits per heavy atom. The van der Waals surface area contributed by atoms with E-state index in [9.17, 15) is 4.79 Å². The Morgan fingerprint density at radius 1 is 1.13 bits per heavy atom. The summed E-state index contributed by atoms with van der Waals surface area (Å²) in [7, 11) is 0. The molecule has 15 heavy (non-hydrogen) atoms. The third-order valence-electron chi connectivity index (χ3n) is 2.29. The molecule has 0 aromatic rings. The zero-order valence-electron chi connectivity index (χ0n) is 9.93. The molecule has 0 rings (SSSR count). The highest BCUT2D eigenvalue weighted by Gasteiger charge is 2.14. The monoisotopic (exact) mass is 278 g/mol. The van der Waals surface area contributed by atoms with Crippen molar-refractivity contribution in [1.29, 1.82) is 0 Å². The van der Waals surface area contributed by atoms with Crippen LogP contribution in [-0.4, -0.2) is 17.4 Å². The highest BCUT2D eigenvalue weighted by Crippen LogP contribution is 2.10. The van der Waals surface area contributed by atoms with Crippen molar-refractivity contribution < 1.29 is 9.53 Å². The van der Waals surface area contributed by atoms with E-state index in [1.54, 1.807) is 0 Å². The van der Waals surface area contributed by atoms with Gasteiger partial charge in [0.2, 0.25) is 0 Å². The predicted octanol–water partition coefficient (Wildman–Crippen LogP) is 4.06. The molecule has 1 atom stereocenters. The van der Waals surface area contributed by atoms with E-state index in [2.05, 4.69) is 29.8 Å². The summed E-state index contributed by atoms with van der Waals surface area (Å²) in [6.45, 7) is 4.83. The van der Waals surface area contributed by atoms with Crippen LogP contribution in [0.25, 0.3) is 0 Å². The summed E-state index contributed by atoms with van der Waals surface area (Å²) < 4.78 is 5.15. The fourth-order valence-electron chi connectivity index (χ4n) is 1.34. The van der Waals surface area contributed by atoms with Crippen LogP contribution in [0.2, 0.25) is 0 Å². The molecule has 0 N–H and O–H groups in total. The number of carbonyl (C=O) groups is 1. The van der Waals surface area contributed by atoms with Gasteiger partial charge in [0.1, 0.15) is 4.83 Å². The molecule has 0 bridgehead atoms. The van der Waals surface area contributed by atoms with E-state index in [0.717, 1.165) is 19.3 Å². The molecule has 0 aliphatic carbocycles. The van der Waals surface area contributed by atoms with Crippen molar-refractivity contribution in [3.8, 4) is 0 Å². The predicted molar refractivity (Wildman–Crippen MR) is 67.3 cm³/mol. The van der Waals surface area contributed by atoms with Gasteiger partial charge in [-0.15, -0.1) is 0 Å². The summed E-state index contributed by atoms with van der Waals surface area (Å²) in [5.41, 5.74) is 0. The van der Waals surface area contributed by atoms with Crippen LogP contribution in [-0.2, 0) is 9.53 Å². The SMILES string of the molecule is CCCCCCCOC(=O)C(Br)CCC. The molecular weight excluding hydrogens is 256 g/mol. The van der Waals surface area contributed by atoms with Crippen LogP contribution in [0, 0.1) is 0 Å². The Kier molecular flexibility index (Phi) is 10.4. The lowest BCUT2D eigenvalue weighted by Gasteiger charge is -2.08. The summed E-state index contributed by atoms with van der Waals surface area (Å²) in [5, 5.41) is 0. The van der Waals surface area contributed by atoms with Crippen LogP contribution < -0.4 is 0 Å². The van der Waals surface area contributed by atoms with Gasteiger partial charge in [-0.1, -0.05) is 61.9 Å². The maximum atomic E-state index is 11.4. The van der Waals surface area contributed by atoms with Crippen LogP contribution in [0.1, 0.15) is 58.8 Å². The summed E-state index contributed by atoms with van der Waals surface area (Å²) in [6, 6.07) is 0. The average molecular weight is 279 g/mol. The topological polar surface area (TPSA) is 26.3 Å². The molecule has 0 spiro atoms. The molecule has 0 aliphatic rings. The molecule has 0 saturated carbocycles. The first-order chi connectivity index (χ1) is 7.22. The number of halogens is 1. The summed E-state index contributed by atoms with van der Waals surface area (Å²) in [6.07, 6.45) is 7.81. The van der Waals surface area contributed by atoms with E-state index in [0.29, 0.717) is 6.61 Å². The van der Waals surface area contributed by atoms with E-state index in [4.69, 9.17) is 4.74 Å². The molecule has 0 radical (unpaired) electrons. The van der Waals surface area contributed by atoms with Crippen molar-refractivity contribution in [2.75, 3.05) is 6.61 Å². The molecule has 0 saturated heterocycles. The maximum Gasteiger partial charge on any atom is 0.319 e. The molecule has 1 unspecified atom stereocenters. The Labute approximate surface area is 102 Å². The maximum absolute atomic E-state index is 11.4. The second-order valence-corrected chi connectivity index (χ2v) is 4.94. The Bertz CT molecular complexity index is 160. The molecule has 0 aromatic heterocycles. The highest BCUT2D eigenvalue weighted by atomic mass is 79.9. The molecule has 3 heteroatoms. The van der Waals surface area contributed by atoms with Crippen LogP contribution in [0.3, 0.4) is 0 Å². The van der Waals surface area contributed by atoms with Crippen molar-refractivity contribution in [2.24, 2.45) is 0 Å². The number of alkyl halides is 1. The summed E-state index contributed by atoms with van der Waals surface area (Å²) in [4.78, 5) is 11.2. The van der Waals surface area contributed by atoms with Gasteiger partial charge in [0.15, 0.2) is 0 Å². The van der Waals surface area contributed by atoms with Crippen molar-refractivity contribution in [3.63, 3.8) is 0 Å². The van der Waals surface area contributed by atoms with Crippen LogP contribution in [0.4, 0.5) is 0 Å². The number of carbonyl (C=O) groups excluding carboxylic acids is 1. The van der Waals surface area contributed by atoms with Gasteiger partial charge in [-0.2, -0.15) is 0 Å². The second-order valence-electron chi connectivity index (χ2n) is 3.84. The number of ether oxygens (including phenoxy) is 1. The average Bonchev–Trinajstić information content (AvgIpc) is 2.23. The normalized spacial score (nSPS) is 12.5. The van der Waals surface area contributed by atoms with Crippen molar-refractivity contribution in [2.45, 2.75) is 63.6 Å². The minimum atomic E-state index is -0.113. The largest absolute Gasteiger partial charge is 0.465 e. The first-order valence-corrected chi connectivity index (χ1v) is 6.94. The number of unbranched alkanes of at least 4 members (excludes halogenated alkanes) is 4. The molecule has 0 fully saturated rings. The molecule has 0 aromatic carbocycles. The lowest BCUT2D eigenvalue weighted by atomic mass is 10.2. The zero-order valence-corrected chi connectivity index (χ0v) is 11.5. The minimum absolute atomic E-state index is 0.104. The second kappa shape index (κ2) is 10.5. The van der Waals surface area contributed by atoms with Gasteiger partial charge in [-0.05, 0) is 12.8 Å². The fraction of sp³-hybridized carbons (Fsp3) is 0.917. The Balaban J connectivity index is 3.30. The van der Waals surface area contributed by atoms with E-state index in [1.165, 1.54) is 25.7 Å². The number of rotatable bonds is 9. The minimum Gasteiger partial charge on any atom is -0.465 e. The van der Waals surface area contributed by atoms with Crippen molar-refractivity contribution >= 4 is 21.9 Å². The highest BCUT2D eigenvalue weighted by molar-refractivity contribution is 9.10. The molecule has 90 valence electrons. The van der Waals surface area contributed by atoms with Gasteiger partial charge in [-0.3, -0.25) is 4.79 Å². The van der Waals surface area contributed by atoms with E-state index in [1.807, 2.05) is 0 Å². The van der Waals surface area contributed by atoms with Gasteiger partial charge in [0.25, 0.3) is 0 Å². The van der Waals surface area contributed by atoms with Gasteiger partial charge >= 0.3 is 5.97 Å². The number of esters is 1. The van der Waals surface area contributed by atoms with Crippen molar-refractivity contribution in [1.82, 2.24) is 0 Å². The number of hydrogen-bond donors (Lipinski definition) is 0. The molecular formula is C12H23BrO2. The molecule has 2 nitrogen and oxygen atoms in total. The molecule has 0 aliphatic heterocycles. The van der Waals surface area contributed by atoms with Crippen molar-refractivity contribution in [3.05, 3.63) is 0 Å². The lowest BCUT2D eigenvalue weighted by Crippen LogP contribution is -2.17. The van der Waals surface area contributed by atoms with Gasteiger partial charge in [-0.25, -0.2) is 0 Å². The van der Waals surface area contributed by atoms with Crippen LogP contribution >= 0.6 is 15.9 Å². The summed E-state index contributed by atoms with van der Waals surface area (Å²) in [5.74, 6) is -0.104. The lowest BCUT2D eigenvalue weighted by molar-refractivity contribution is -0.143. The van der Waals surface area contributed by atoms with Gasteiger partial charge in [0, 0.05) is 0 Å². The van der Waals surface area contributed by atoms with Gasteiger partial charge in [0.05, 0.1) is 6.61 Å². The molecule has 0 heterocycles. The van der Waals surface area contributed by atoms with E-state index >= 15 is 0 Å².